The lowest BCUT2D eigenvalue weighted by molar-refractivity contribution is -0.156. The number of hydrogen-bond donors (Lipinski definition) is 2. The van der Waals surface area contributed by atoms with E-state index in [1.165, 1.54) is 67.6 Å². The number of benzene rings is 1. The van der Waals surface area contributed by atoms with Crippen LogP contribution in [0.4, 0.5) is 0 Å². The van der Waals surface area contributed by atoms with E-state index in [1.54, 1.807) is 24.3 Å². The molecule has 1 aromatic carbocycles. The summed E-state index contributed by atoms with van der Waals surface area (Å²) in [5, 5.41) is 15.9. The third kappa shape index (κ3) is 10.5. The molecule has 1 aromatic heterocycles. The van der Waals surface area contributed by atoms with Crippen molar-refractivity contribution in [1.82, 2.24) is 10.2 Å². The van der Waals surface area contributed by atoms with Gasteiger partial charge in [-0.15, -0.1) is 0 Å². The van der Waals surface area contributed by atoms with Gasteiger partial charge in [-0.1, -0.05) is 76.8 Å². The highest BCUT2D eigenvalue weighted by Gasteiger charge is 2.21. The van der Waals surface area contributed by atoms with Gasteiger partial charge in [0.25, 0.3) is 5.91 Å². The molecule has 0 spiro atoms. The van der Waals surface area contributed by atoms with Crippen LogP contribution < -0.4 is 5.32 Å². The van der Waals surface area contributed by atoms with Crippen molar-refractivity contribution in [1.29, 1.82) is 0 Å². The topological polar surface area (TPSA) is 86.7 Å². The van der Waals surface area contributed by atoms with Gasteiger partial charge < -0.3 is 15.3 Å². The standard InChI is InChI=1S/C27H38N2O4S/c1-2-3-4-5-6-7-8-9-10-11-17-28-25(30)24-14-12-22(13-15-24)19-29(26(31)27(32)33)20-23-16-18-34-21-23/h12-16,18,21H,2-11,17,19-20H2,1H3,(H,28,30)(H,32,33). The third-order valence-corrected chi connectivity index (χ3v) is 6.56. The van der Waals surface area contributed by atoms with E-state index in [9.17, 15) is 14.4 Å². The molecule has 0 unspecified atom stereocenters. The molecule has 2 aromatic rings. The zero-order valence-electron chi connectivity index (χ0n) is 20.3. The monoisotopic (exact) mass is 486 g/mol. The number of carboxylic acid groups (broad SMARTS) is 1. The highest BCUT2D eigenvalue weighted by molar-refractivity contribution is 7.07. The van der Waals surface area contributed by atoms with Crippen LogP contribution in [-0.4, -0.2) is 34.3 Å². The number of carbonyl (C=O) groups excluding carboxylic acids is 2. The molecule has 0 atom stereocenters. The minimum absolute atomic E-state index is 0.112. The quantitative estimate of drug-likeness (QED) is 0.225. The van der Waals surface area contributed by atoms with Crippen LogP contribution >= 0.6 is 11.3 Å². The van der Waals surface area contributed by atoms with Crippen molar-refractivity contribution < 1.29 is 19.5 Å². The Balaban J connectivity index is 1.70. The summed E-state index contributed by atoms with van der Waals surface area (Å²) in [5.41, 5.74) is 2.23. The summed E-state index contributed by atoms with van der Waals surface area (Å²) < 4.78 is 0. The van der Waals surface area contributed by atoms with Crippen molar-refractivity contribution >= 4 is 29.1 Å². The molecule has 186 valence electrons. The van der Waals surface area contributed by atoms with E-state index in [0.717, 1.165) is 24.0 Å². The van der Waals surface area contributed by atoms with Crippen molar-refractivity contribution in [2.75, 3.05) is 6.54 Å². The van der Waals surface area contributed by atoms with Gasteiger partial charge in [0.1, 0.15) is 0 Å². The van der Waals surface area contributed by atoms with E-state index in [0.29, 0.717) is 12.1 Å². The Morgan fingerprint density at radius 3 is 1.97 bits per heavy atom. The first-order valence-electron chi connectivity index (χ1n) is 12.4. The molecule has 7 heteroatoms. The molecule has 0 radical (unpaired) electrons. The van der Waals surface area contributed by atoms with E-state index in [2.05, 4.69) is 12.2 Å². The molecule has 0 bridgehead atoms. The second-order valence-corrected chi connectivity index (χ2v) is 9.51. The van der Waals surface area contributed by atoms with Gasteiger partial charge in [-0.3, -0.25) is 9.59 Å². The van der Waals surface area contributed by atoms with Crippen molar-refractivity contribution in [2.24, 2.45) is 0 Å². The average molecular weight is 487 g/mol. The number of thiophene rings is 1. The Labute approximate surface area is 207 Å². The van der Waals surface area contributed by atoms with Crippen molar-refractivity contribution in [3.8, 4) is 0 Å². The second-order valence-electron chi connectivity index (χ2n) is 8.73. The summed E-state index contributed by atoms with van der Waals surface area (Å²) in [6.45, 7) is 3.30. The lowest BCUT2D eigenvalue weighted by Gasteiger charge is -2.20. The van der Waals surface area contributed by atoms with Crippen molar-refractivity contribution in [3.05, 3.63) is 57.8 Å². The number of aliphatic carboxylic acids is 1. The maximum absolute atomic E-state index is 12.4. The molecular formula is C27H38N2O4S. The summed E-state index contributed by atoms with van der Waals surface area (Å²) in [6.07, 6.45) is 12.6. The van der Waals surface area contributed by atoms with Crippen LogP contribution in [0, 0.1) is 0 Å². The average Bonchev–Trinajstić information content (AvgIpc) is 3.35. The Hall–Kier alpha value is -2.67. The number of amides is 2. The van der Waals surface area contributed by atoms with Crippen LogP contribution in [-0.2, 0) is 22.7 Å². The maximum atomic E-state index is 12.4. The molecule has 2 N–H and O–H groups in total. The zero-order valence-corrected chi connectivity index (χ0v) is 21.1. The summed E-state index contributed by atoms with van der Waals surface area (Å²) in [7, 11) is 0. The smallest absolute Gasteiger partial charge is 0.394 e. The van der Waals surface area contributed by atoms with Crippen LogP contribution in [0.1, 0.15) is 92.6 Å². The van der Waals surface area contributed by atoms with E-state index >= 15 is 0 Å². The minimum atomic E-state index is -1.47. The normalized spacial score (nSPS) is 10.7. The van der Waals surface area contributed by atoms with E-state index in [4.69, 9.17) is 5.11 Å². The Bertz CT molecular complexity index is 865. The van der Waals surface area contributed by atoms with Gasteiger partial charge in [0, 0.05) is 25.2 Å². The van der Waals surface area contributed by atoms with E-state index in [-0.39, 0.29) is 19.0 Å². The lowest BCUT2D eigenvalue weighted by atomic mass is 10.1. The van der Waals surface area contributed by atoms with Gasteiger partial charge in [0.2, 0.25) is 0 Å². The van der Waals surface area contributed by atoms with Gasteiger partial charge in [-0.25, -0.2) is 4.79 Å². The summed E-state index contributed by atoms with van der Waals surface area (Å²) in [5.74, 6) is -2.53. The molecular weight excluding hydrogens is 448 g/mol. The molecule has 0 aliphatic heterocycles. The number of carbonyl (C=O) groups is 3. The number of nitrogens with zero attached hydrogens (tertiary/aromatic N) is 1. The highest BCUT2D eigenvalue weighted by Crippen LogP contribution is 2.14. The van der Waals surface area contributed by atoms with Crippen LogP contribution in [0.15, 0.2) is 41.1 Å². The molecule has 1 heterocycles. The second kappa shape index (κ2) is 16.0. The minimum Gasteiger partial charge on any atom is -0.474 e. The largest absolute Gasteiger partial charge is 0.474 e. The summed E-state index contributed by atoms with van der Waals surface area (Å²) >= 11 is 1.50. The number of carboxylic acids is 1. The first-order valence-corrected chi connectivity index (χ1v) is 13.4. The molecule has 2 amide bonds. The Morgan fingerprint density at radius 1 is 0.824 bits per heavy atom. The molecule has 0 saturated carbocycles. The molecule has 6 nitrogen and oxygen atoms in total. The number of unbranched alkanes of at least 4 members (excludes halogenated alkanes) is 9. The predicted octanol–water partition coefficient (Wildman–Crippen LogP) is 6.01. The van der Waals surface area contributed by atoms with Gasteiger partial charge in [0.15, 0.2) is 0 Å². The molecule has 34 heavy (non-hydrogen) atoms. The van der Waals surface area contributed by atoms with Gasteiger partial charge in [0.05, 0.1) is 0 Å². The van der Waals surface area contributed by atoms with E-state index in [1.807, 2.05) is 16.8 Å². The van der Waals surface area contributed by atoms with E-state index < -0.39 is 11.9 Å². The fourth-order valence-electron chi connectivity index (χ4n) is 3.84. The predicted molar refractivity (Wildman–Crippen MR) is 137 cm³/mol. The fraction of sp³-hybridized carbons (Fsp3) is 0.519. The summed E-state index contributed by atoms with van der Waals surface area (Å²) in [4.78, 5) is 37.0. The first kappa shape index (κ1) is 27.6. The Kier molecular flexibility index (Phi) is 13.0. The van der Waals surface area contributed by atoms with Crippen molar-refractivity contribution in [2.45, 2.75) is 84.2 Å². The number of nitrogens with one attached hydrogen (secondary N) is 1. The van der Waals surface area contributed by atoms with Crippen LogP contribution in [0.2, 0.25) is 0 Å². The molecule has 0 saturated heterocycles. The van der Waals surface area contributed by atoms with Crippen LogP contribution in [0.5, 0.6) is 0 Å². The first-order chi connectivity index (χ1) is 16.5. The fourth-order valence-corrected chi connectivity index (χ4v) is 4.50. The van der Waals surface area contributed by atoms with Gasteiger partial charge in [-0.05, 0) is 46.5 Å². The molecule has 0 aliphatic carbocycles. The van der Waals surface area contributed by atoms with Gasteiger partial charge >= 0.3 is 11.9 Å². The highest BCUT2D eigenvalue weighted by atomic mass is 32.1. The third-order valence-electron chi connectivity index (χ3n) is 5.83. The van der Waals surface area contributed by atoms with Gasteiger partial charge in [-0.2, -0.15) is 11.3 Å². The maximum Gasteiger partial charge on any atom is 0.394 e. The zero-order chi connectivity index (χ0) is 24.6. The van der Waals surface area contributed by atoms with Crippen LogP contribution in [0.25, 0.3) is 0 Å². The SMILES string of the molecule is CCCCCCCCCCCCNC(=O)c1ccc(CN(Cc2ccsc2)C(=O)C(=O)O)cc1. The van der Waals surface area contributed by atoms with Crippen LogP contribution in [0.3, 0.4) is 0 Å². The molecule has 0 fully saturated rings. The number of hydrogen-bond acceptors (Lipinski definition) is 4. The van der Waals surface area contributed by atoms with Crippen molar-refractivity contribution in [3.63, 3.8) is 0 Å². The summed E-state index contributed by atoms with van der Waals surface area (Å²) in [6, 6.07) is 8.85. The molecule has 0 aliphatic rings. The Morgan fingerprint density at radius 2 is 1.41 bits per heavy atom. The molecule has 2 rings (SSSR count). The lowest BCUT2D eigenvalue weighted by Crippen LogP contribution is -2.35. The number of rotatable bonds is 16.